The lowest BCUT2D eigenvalue weighted by Crippen LogP contribution is -2.44. The molecule has 0 aromatic heterocycles. The highest BCUT2D eigenvalue weighted by atomic mass is 79.9. The van der Waals surface area contributed by atoms with E-state index in [2.05, 4.69) is 26.5 Å². The van der Waals surface area contributed by atoms with E-state index < -0.39 is 22.0 Å². The van der Waals surface area contributed by atoms with Crippen LogP contribution in [0.2, 0.25) is 5.02 Å². The number of amides is 1. The van der Waals surface area contributed by atoms with Gasteiger partial charge in [-0.2, -0.15) is 9.41 Å². The van der Waals surface area contributed by atoms with E-state index in [1.807, 2.05) is 0 Å². The molecule has 1 aliphatic heterocycles. The molecular formula is C20H21BrClN3O5S. The van der Waals surface area contributed by atoms with E-state index in [-0.39, 0.29) is 11.4 Å². The highest BCUT2D eigenvalue weighted by Crippen LogP contribution is 2.32. The van der Waals surface area contributed by atoms with Crippen molar-refractivity contribution in [1.29, 1.82) is 0 Å². The maximum absolute atomic E-state index is 13.0. The average molecular weight is 531 g/mol. The molecule has 1 heterocycles. The van der Waals surface area contributed by atoms with Crippen LogP contribution < -0.4 is 14.9 Å². The summed E-state index contributed by atoms with van der Waals surface area (Å²) in [6.07, 6.45) is 2.43. The lowest BCUT2D eigenvalue weighted by molar-refractivity contribution is -0.124. The molecule has 1 atom stereocenters. The third kappa shape index (κ3) is 5.20. The van der Waals surface area contributed by atoms with Crippen molar-refractivity contribution in [3.63, 3.8) is 0 Å². The van der Waals surface area contributed by atoms with Crippen LogP contribution in [0.5, 0.6) is 11.5 Å². The normalized spacial score (nSPS) is 17.1. The Morgan fingerprint density at radius 2 is 1.87 bits per heavy atom. The monoisotopic (exact) mass is 529 g/mol. The van der Waals surface area contributed by atoms with Crippen LogP contribution in [0, 0.1) is 0 Å². The van der Waals surface area contributed by atoms with Crippen molar-refractivity contribution in [2.24, 2.45) is 5.10 Å². The molecule has 1 amide bonds. The fraction of sp³-hybridized carbons (Fsp3) is 0.300. The Morgan fingerprint density at radius 1 is 1.23 bits per heavy atom. The number of sulfonamides is 1. The SMILES string of the molecule is COc1cc(Br)c(/C=N\NC(=O)[C@@H]2CCCN2S(=O)(=O)c2ccc(Cl)cc2)cc1OC. The van der Waals surface area contributed by atoms with Gasteiger partial charge in [0, 0.05) is 21.6 Å². The summed E-state index contributed by atoms with van der Waals surface area (Å²) in [6, 6.07) is 8.45. The van der Waals surface area contributed by atoms with Crippen molar-refractivity contribution in [2.75, 3.05) is 20.8 Å². The first-order valence-corrected chi connectivity index (χ1v) is 11.9. The first-order valence-electron chi connectivity index (χ1n) is 9.29. The molecule has 0 saturated carbocycles. The summed E-state index contributed by atoms with van der Waals surface area (Å²) in [5.74, 6) is 0.557. The van der Waals surface area contributed by atoms with E-state index in [0.29, 0.717) is 39.4 Å². The van der Waals surface area contributed by atoms with E-state index >= 15 is 0 Å². The van der Waals surface area contributed by atoms with Crippen LogP contribution in [0.3, 0.4) is 0 Å². The molecule has 1 fully saturated rings. The second-order valence-electron chi connectivity index (χ2n) is 6.69. The number of nitrogens with one attached hydrogen (secondary N) is 1. The number of ether oxygens (including phenoxy) is 2. The lowest BCUT2D eigenvalue weighted by Gasteiger charge is -2.22. The zero-order valence-corrected chi connectivity index (χ0v) is 20.0. The van der Waals surface area contributed by atoms with Crippen LogP contribution >= 0.6 is 27.5 Å². The molecule has 0 bridgehead atoms. The second-order valence-corrected chi connectivity index (χ2v) is 9.87. The van der Waals surface area contributed by atoms with Gasteiger partial charge in [-0.1, -0.05) is 11.6 Å². The molecule has 0 unspecified atom stereocenters. The van der Waals surface area contributed by atoms with Gasteiger partial charge >= 0.3 is 0 Å². The van der Waals surface area contributed by atoms with Crippen molar-refractivity contribution < 1.29 is 22.7 Å². The Bertz CT molecular complexity index is 1090. The van der Waals surface area contributed by atoms with Gasteiger partial charge in [0.05, 0.1) is 25.3 Å². The molecule has 0 radical (unpaired) electrons. The van der Waals surface area contributed by atoms with Crippen LogP contribution in [0.4, 0.5) is 0 Å². The summed E-state index contributed by atoms with van der Waals surface area (Å²) in [5.41, 5.74) is 3.09. The molecule has 8 nitrogen and oxygen atoms in total. The first kappa shape index (κ1) is 23.5. The van der Waals surface area contributed by atoms with Gasteiger partial charge in [-0.05, 0) is 65.2 Å². The number of halogens is 2. The highest BCUT2D eigenvalue weighted by Gasteiger charge is 2.39. The molecule has 2 aromatic rings. The minimum absolute atomic E-state index is 0.0920. The second kappa shape index (κ2) is 9.99. The molecule has 0 spiro atoms. The standard InChI is InChI=1S/C20H21BrClN3O5S/c1-29-18-10-13(16(21)11-19(18)30-2)12-23-24-20(26)17-4-3-9-25(17)31(27,28)15-7-5-14(22)6-8-15/h5-8,10-12,17H,3-4,9H2,1-2H3,(H,24,26)/b23-12-/t17-/m0/s1. The maximum atomic E-state index is 13.0. The molecule has 3 rings (SSSR count). The molecule has 11 heteroatoms. The summed E-state index contributed by atoms with van der Waals surface area (Å²) in [5, 5.41) is 4.42. The highest BCUT2D eigenvalue weighted by molar-refractivity contribution is 9.10. The summed E-state index contributed by atoms with van der Waals surface area (Å²) in [6.45, 7) is 0.258. The Kier molecular flexibility index (Phi) is 7.58. The van der Waals surface area contributed by atoms with Gasteiger partial charge in [0.1, 0.15) is 6.04 Å². The van der Waals surface area contributed by atoms with E-state index in [1.165, 1.54) is 49.0 Å². The Labute approximate surface area is 194 Å². The van der Waals surface area contributed by atoms with Gasteiger partial charge in [-0.25, -0.2) is 13.8 Å². The fourth-order valence-electron chi connectivity index (χ4n) is 3.24. The lowest BCUT2D eigenvalue weighted by atomic mass is 10.2. The van der Waals surface area contributed by atoms with Crippen LogP contribution in [0.25, 0.3) is 0 Å². The maximum Gasteiger partial charge on any atom is 0.258 e. The van der Waals surface area contributed by atoms with Gasteiger partial charge in [-0.3, -0.25) is 4.79 Å². The van der Waals surface area contributed by atoms with Crippen LogP contribution in [-0.2, 0) is 14.8 Å². The van der Waals surface area contributed by atoms with Gasteiger partial charge in [0.2, 0.25) is 10.0 Å². The Hall–Kier alpha value is -2.14. The summed E-state index contributed by atoms with van der Waals surface area (Å²) < 4.78 is 38.3. The van der Waals surface area contributed by atoms with Gasteiger partial charge in [-0.15, -0.1) is 0 Å². The van der Waals surface area contributed by atoms with Crippen molar-refractivity contribution in [1.82, 2.24) is 9.73 Å². The number of hydrogen-bond donors (Lipinski definition) is 1. The van der Waals surface area contributed by atoms with Crippen LogP contribution in [0.1, 0.15) is 18.4 Å². The zero-order valence-electron chi connectivity index (χ0n) is 16.8. The molecule has 2 aromatic carbocycles. The summed E-state index contributed by atoms with van der Waals surface area (Å²) >= 11 is 9.26. The van der Waals surface area contributed by atoms with Crippen LogP contribution in [-0.4, -0.2) is 51.7 Å². The average Bonchev–Trinajstić information content (AvgIpc) is 3.26. The van der Waals surface area contributed by atoms with Crippen molar-refractivity contribution >= 4 is 49.7 Å². The van der Waals surface area contributed by atoms with E-state index in [9.17, 15) is 13.2 Å². The predicted molar refractivity (Wildman–Crippen MR) is 121 cm³/mol. The predicted octanol–water partition coefficient (Wildman–Crippen LogP) is 3.42. The quantitative estimate of drug-likeness (QED) is 0.437. The topological polar surface area (TPSA) is 97.3 Å². The van der Waals surface area contributed by atoms with Gasteiger partial charge in [0.15, 0.2) is 11.5 Å². The molecule has 1 N–H and O–H groups in total. The number of carbonyl (C=O) groups excluding carboxylic acids is 1. The van der Waals surface area contributed by atoms with E-state index in [4.69, 9.17) is 21.1 Å². The minimum atomic E-state index is -3.83. The largest absolute Gasteiger partial charge is 0.493 e. The number of benzene rings is 2. The third-order valence-electron chi connectivity index (χ3n) is 4.81. The number of nitrogens with zero attached hydrogens (tertiary/aromatic N) is 2. The first-order chi connectivity index (χ1) is 14.8. The minimum Gasteiger partial charge on any atom is -0.493 e. The number of carbonyl (C=O) groups is 1. The molecular weight excluding hydrogens is 510 g/mol. The van der Waals surface area contributed by atoms with E-state index in [1.54, 1.807) is 12.1 Å². The fourth-order valence-corrected chi connectivity index (χ4v) is 5.45. The summed E-state index contributed by atoms with van der Waals surface area (Å²) in [7, 11) is -0.777. The number of hydrogen-bond acceptors (Lipinski definition) is 6. The molecule has 0 aliphatic carbocycles. The molecule has 31 heavy (non-hydrogen) atoms. The van der Waals surface area contributed by atoms with Crippen molar-refractivity contribution in [3.05, 3.63) is 51.5 Å². The molecule has 1 aliphatic rings. The van der Waals surface area contributed by atoms with Gasteiger partial charge < -0.3 is 9.47 Å². The molecule has 166 valence electrons. The number of methoxy groups -OCH3 is 2. The smallest absolute Gasteiger partial charge is 0.258 e. The van der Waals surface area contributed by atoms with Gasteiger partial charge in [0.25, 0.3) is 5.91 Å². The Morgan fingerprint density at radius 3 is 2.52 bits per heavy atom. The van der Waals surface area contributed by atoms with Crippen molar-refractivity contribution in [3.8, 4) is 11.5 Å². The molecule has 1 saturated heterocycles. The summed E-state index contributed by atoms with van der Waals surface area (Å²) in [4.78, 5) is 12.8. The Balaban J connectivity index is 1.73. The third-order valence-corrected chi connectivity index (χ3v) is 7.67. The number of rotatable bonds is 7. The zero-order chi connectivity index (χ0) is 22.6. The van der Waals surface area contributed by atoms with Crippen LogP contribution in [0.15, 0.2) is 50.9 Å². The van der Waals surface area contributed by atoms with Crippen molar-refractivity contribution in [2.45, 2.75) is 23.8 Å². The van der Waals surface area contributed by atoms with E-state index in [0.717, 1.165) is 0 Å². The number of hydrazone groups is 1.